The van der Waals surface area contributed by atoms with Crippen LogP contribution in [0.25, 0.3) is 0 Å². The standard InChI is InChI=1S/C14H19NO5/c1-8(2)5-13(16)15-10-7-12(20-4)11(19-3)6-9(10)14(17)18/h6-8H,5H2,1-4H3,(H,15,16)(H,17,18)/p-1. The zero-order valence-corrected chi connectivity index (χ0v) is 12.0. The van der Waals surface area contributed by atoms with Gasteiger partial charge in [0.25, 0.3) is 0 Å². The number of anilines is 1. The minimum absolute atomic E-state index is 0.133. The van der Waals surface area contributed by atoms with E-state index >= 15 is 0 Å². The maximum absolute atomic E-state index is 11.8. The fourth-order valence-electron chi connectivity index (χ4n) is 1.72. The number of carboxylic acids is 1. The van der Waals surface area contributed by atoms with E-state index in [4.69, 9.17) is 9.47 Å². The topological polar surface area (TPSA) is 87.7 Å². The van der Waals surface area contributed by atoms with Gasteiger partial charge in [-0.15, -0.1) is 0 Å². The Balaban J connectivity index is 3.15. The summed E-state index contributed by atoms with van der Waals surface area (Å²) in [6.07, 6.45) is 0.292. The number of methoxy groups -OCH3 is 2. The zero-order chi connectivity index (χ0) is 15.3. The molecule has 6 nitrogen and oxygen atoms in total. The van der Waals surface area contributed by atoms with Crippen molar-refractivity contribution in [2.24, 2.45) is 5.92 Å². The molecule has 20 heavy (non-hydrogen) atoms. The zero-order valence-electron chi connectivity index (χ0n) is 12.0. The van der Waals surface area contributed by atoms with Crippen LogP contribution in [0.5, 0.6) is 11.5 Å². The number of ether oxygens (including phenoxy) is 2. The number of aromatic carboxylic acids is 1. The molecule has 0 heterocycles. The minimum atomic E-state index is -1.40. The number of hydrogen-bond acceptors (Lipinski definition) is 5. The Hall–Kier alpha value is -2.24. The molecule has 0 unspecified atom stereocenters. The van der Waals surface area contributed by atoms with Crippen molar-refractivity contribution in [2.75, 3.05) is 19.5 Å². The first-order chi connectivity index (χ1) is 9.38. The Morgan fingerprint density at radius 1 is 1.20 bits per heavy atom. The van der Waals surface area contributed by atoms with Crippen molar-refractivity contribution in [3.63, 3.8) is 0 Å². The molecule has 0 fully saturated rings. The lowest BCUT2D eigenvalue weighted by Gasteiger charge is -2.16. The van der Waals surface area contributed by atoms with Gasteiger partial charge in [-0.05, 0) is 12.0 Å². The number of benzene rings is 1. The number of carboxylic acid groups (broad SMARTS) is 1. The van der Waals surface area contributed by atoms with Crippen molar-refractivity contribution in [1.82, 2.24) is 0 Å². The normalized spacial score (nSPS) is 10.2. The molecular weight excluding hydrogens is 262 g/mol. The summed E-state index contributed by atoms with van der Waals surface area (Å²) in [5, 5.41) is 13.7. The van der Waals surface area contributed by atoms with Crippen molar-refractivity contribution in [3.8, 4) is 11.5 Å². The summed E-state index contributed by atoms with van der Waals surface area (Å²) in [6.45, 7) is 3.79. The van der Waals surface area contributed by atoms with Crippen LogP contribution in [0.4, 0.5) is 5.69 Å². The lowest BCUT2D eigenvalue weighted by molar-refractivity contribution is -0.254. The quantitative estimate of drug-likeness (QED) is 0.841. The molecule has 0 saturated heterocycles. The van der Waals surface area contributed by atoms with Crippen LogP contribution in [0.2, 0.25) is 0 Å². The molecule has 0 aromatic heterocycles. The van der Waals surface area contributed by atoms with E-state index < -0.39 is 5.97 Å². The first kappa shape index (κ1) is 15.8. The highest BCUT2D eigenvalue weighted by Crippen LogP contribution is 2.33. The Morgan fingerprint density at radius 3 is 2.20 bits per heavy atom. The highest BCUT2D eigenvalue weighted by molar-refractivity contribution is 6.00. The smallest absolute Gasteiger partial charge is 0.224 e. The predicted molar refractivity (Wildman–Crippen MR) is 72.0 cm³/mol. The molecule has 1 N–H and O–H groups in total. The Kier molecular flexibility index (Phi) is 5.37. The largest absolute Gasteiger partial charge is 0.545 e. The summed E-state index contributed by atoms with van der Waals surface area (Å²) in [5.41, 5.74) is -0.0203. The van der Waals surface area contributed by atoms with Crippen molar-refractivity contribution in [2.45, 2.75) is 20.3 Å². The van der Waals surface area contributed by atoms with Gasteiger partial charge in [0.15, 0.2) is 11.5 Å². The van der Waals surface area contributed by atoms with Crippen LogP contribution < -0.4 is 19.9 Å². The first-order valence-corrected chi connectivity index (χ1v) is 6.16. The molecule has 0 bridgehead atoms. The molecule has 1 amide bonds. The van der Waals surface area contributed by atoms with Gasteiger partial charge in [0, 0.05) is 18.1 Å². The Morgan fingerprint density at radius 2 is 1.75 bits per heavy atom. The maximum Gasteiger partial charge on any atom is 0.224 e. The molecule has 0 saturated carbocycles. The van der Waals surface area contributed by atoms with Crippen LogP contribution in [-0.4, -0.2) is 26.1 Å². The summed E-state index contributed by atoms with van der Waals surface area (Å²) >= 11 is 0. The SMILES string of the molecule is COc1cc(NC(=O)CC(C)C)c(C(=O)[O-])cc1OC. The average Bonchev–Trinajstić information content (AvgIpc) is 2.36. The molecular formula is C14H18NO5-. The number of rotatable bonds is 6. The second-order valence-electron chi connectivity index (χ2n) is 4.69. The Bertz CT molecular complexity index is 511. The second-order valence-corrected chi connectivity index (χ2v) is 4.69. The molecule has 0 aliphatic carbocycles. The summed E-state index contributed by atoms with van der Waals surface area (Å²) in [7, 11) is 2.82. The van der Waals surface area contributed by atoms with Gasteiger partial charge in [0.1, 0.15) is 0 Å². The monoisotopic (exact) mass is 280 g/mol. The van der Waals surface area contributed by atoms with Crippen LogP contribution in [0.15, 0.2) is 12.1 Å². The third kappa shape index (κ3) is 3.88. The number of amides is 1. The van der Waals surface area contributed by atoms with Gasteiger partial charge in [0.2, 0.25) is 5.91 Å². The van der Waals surface area contributed by atoms with E-state index in [1.54, 1.807) is 0 Å². The molecule has 0 atom stereocenters. The fraction of sp³-hybridized carbons (Fsp3) is 0.429. The maximum atomic E-state index is 11.8. The van der Waals surface area contributed by atoms with E-state index in [-0.39, 0.29) is 28.8 Å². The minimum Gasteiger partial charge on any atom is -0.545 e. The van der Waals surface area contributed by atoms with Gasteiger partial charge in [-0.2, -0.15) is 0 Å². The van der Waals surface area contributed by atoms with Crippen LogP contribution in [0.1, 0.15) is 30.6 Å². The molecule has 1 aromatic carbocycles. The highest BCUT2D eigenvalue weighted by atomic mass is 16.5. The van der Waals surface area contributed by atoms with Crippen LogP contribution >= 0.6 is 0 Å². The number of carbonyl (C=O) groups excluding carboxylic acids is 2. The van der Waals surface area contributed by atoms with Crippen LogP contribution in [-0.2, 0) is 4.79 Å². The van der Waals surface area contributed by atoms with Gasteiger partial charge < -0.3 is 24.7 Å². The van der Waals surface area contributed by atoms with E-state index in [9.17, 15) is 14.7 Å². The molecule has 0 aliphatic heterocycles. The second kappa shape index (κ2) is 6.79. The Labute approximate surface area is 117 Å². The molecule has 1 aromatic rings. The van der Waals surface area contributed by atoms with Crippen molar-refractivity contribution in [3.05, 3.63) is 17.7 Å². The van der Waals surface area contributed by atoms with E-state index in [0.717, 1.165) is 0 Å². The van der Waals surface area contributed by atoms with E-state index in [1.807, 2.05) is 13.8 Å². The number of carbonyl (C=O) groups is 2. The summed E-state index contributed by atoms with van der Waals surface area (Å²) in [6, 6.07) is 2.67. The fourth-order valence-corrected chi connectivity index (χ4v) is 1.72. The third-order valence-electron chi connectivity index (χ3n) is 2.61. The van der Waals surface area contributed by atoms with E-state index in [0.29, 0.717) is 12.2 Å². The van der Waals surface area contributed by atoms with Crippen LogP contribution in [0, 0.1) is 5.92 Å². The average molecular weight is 280 g/mol. The molecule has 0 radical (unpaired) electrons. The summed E-state index contributed by atoms with van der Waals surface area (Å²) < 4.78 is 10.1. The van der Waals surface area contributed by atoms with Crippen LogP contribution in [0.3, 0.4) is 0 Å². The lowest BCUT2D eigenvalue weighted by Crippen LogP contribution is -2.25. The summed E-state index contributed by atoms with van der Waals surface area (Å²) in [5.74, 6) is -0.909. The number of hydrogen-bond donors (Lipinski definition) is 1. The van der Waals surface area contributed by atoms with Gasteiger partial charge in [0.05, 0.1) is 25.9 Å². The van der Waals surface area contributed by atoms with Gasteiger partial charge in [-0.25, -0.2) is 0 Å². The molecule has 6 heteroatoms. The van der Waals surface area contributed by atoms with Crippen molar-refractivity contribution in [1.29, 1.82) is 0 Å². The highest BCUT2D eigenvalue weighted by Gasteiger charge is 2.14. The molecule has 1 rings (SSSR count). The number of nitrogens with one attached hydrogen (secondary N) is 1. The molecule has 110 valence electrons. The lowest BCUT2D eigenvalue weighted by atomic mass is 10.1. The van der Waals surface area contributed by atoms with E-state index in [2.05, 4.69) is 5.32 Å². The van der Waals surface area contributed by atoms with Crippen molar-refractivity contribution < 1.29 is 24.2 Å². The van der Waals surface area contributed by atoms with Crippen molar-refractivity contribution >= 4 is 17.6 Å². The summed E-state index contributed by atoms with van der Waals surface area (Å²) in [4.78, 5) is 22.9. The van der Waals surface area contributed by atoms with Gasteiger partial charge >= 0.3 is 0 Å². The molecule has 0 aliphatic rings. The van der Waals surface area contributed by atoms with Gasteiger partial charge in [-0.3, -0.25) is 4.79 Å². The predicted octanol–water partition coefficient (Wildman–Crippen LogP) is 1.05. The first-order valence-electron chi connectivity index (χ1n) is 6.16. The van der Waals surface area contributed by atoms with E-state index in [1.165, 1.54) is 26.4 Å². The van der Waals surface area contributed by atoms with Gasteiger partial charge in [-0.1, -0.05) is 13.8 Å². The molecule has 0 spiro atoms. The third-order valence-corrected chi connectivity index (χ3v) is 2.61.